The molecule has 11 heteroatoms. The fraction of sp³-hybridized carbons (Fsp3) is 0.214. The van der Waals surface area contributed by atoms with Crippen molar-refractivity contribution in [1.29, 1.82) is 0 Å². The van der Waals surface area contributed by atoms with Crippen LogP contribution in [0.5, 0.6) is 0 Å². The third-order valence-electron chi connectivity index (χ3n) is 3.36. The highest BCUT2D eigenvalue weighted by molar-refractivity contribution is 7.98. The van der Waals surface area contributed by atoms with Crippen LogP contribution in [0.3, 0.4) is 0 Å². The third kappa shape index (κ3) is 3.78. The predicted molar refractivity (Wildman–Crippen MR) is 95.9 cm³/mol. The van der Waals surface area contributed by atoms with Crippen molar-refractivity contribution < 1.29 is 4.92 Å². The molecule has 130 valence electrons. The van der Waals surface area contributed by atoms with Crippen LogP contribution in [-0.2, 0) is 12.4 Å². The van der Waals surface area contributed by atoms with Crippen molar-refractivity contribution >= 4 is 40.7 Å². The van der Waals surface area contributed by atoms with E-state index in [1.54, 1.807) is 18.2 Å². The monoisotopic (exact) mass is 398 g/mol. The first-order valence-electron chi connectivity index (χ1n) is 7.18. The predicted octanol–water partition coefficient (Wildman–Crippen LogP) is 4.13. The molecule has 25 heavy (non-hydrogen) atoms. The van der Waals surface area contributed by atoms with Gasteiger partial charge in [-0.25, -0.2) is 0 Å². The van der Waals surface area contributed by atoms with Gasteiger partial charge in [0, 0.05) is 17.1 Å². The zero-order valence-electron chi connectivity index (χ0n) is 13.0. The molecule has 0 saturated carbocycles. The van der Waals surface area contributed by atoms with Crippen LogP contribution in [0.15, 0.2) is 35.7 Å². The Labute approximate surface area is 156 Å². The summed E-state index contributed by atoms with van der Waals surface area (Å²) in [6.45, 7) is 2.61. The van der Waals surface area contributed by atoms with Crippen LogP contribution < -0.4 is 0 Å². The summed E-state index contributed by atoms with van der Waals surface area (Å²) >= 11 is 13.6. The Morgan fingerprint density at radius 1 is 1.32 bits per heavy atom. The van der Waals surface area contributed by atoms with Gasteiger partial charge in [-0.05, 0) is 25.1 Å². The summed E-state index contributed by atoms with van der Waals surface area (Å²) in [5.41, 5.74) is 0.688. The van der Waals surface area contributed by atoms with Gasteiger partial charge in [0.05, 0.1) is 15.8 Å². The van der Waals surface area contributed by atoms with Crippen molar-refractivity contribution in [2.24, 2.45) is 0 Å². The van der Waals surface area contributed by atoms with E-state index in [-0.39, 0.29) is 5.69 Å². The second-order valence-corrected chi connectivity index (χ2v) is 6.70. The standard InChI is InChI=1S/C14H12Cl2N6O2S/c1-2-21-13(11-4-3-9(15)5-12(11)16)18-19-14(21)25-8-20-7-10(6-17-20)22(23)24/h3-7H,2,8H2,1H3. The lowest BCUT2D eigenvalue weighted by atomic mass is 10.2. The van der Waals surface area contributed by atoms with Gasteiger partial charge < -0.3 is 4.57 Å². The zero-order chi connectivity index (χ0) is 18.0. The SMILES string of the molecule is CCn1c(SCn2cc([N+](=O)[O-])cn2)nnc1-c1ccc(Cl)cc1Cl. The maximum Gasteiger partial charge on any atom is 0.307 e. The molecule has 0 aliphatic heterocycles. The first kappa shape index (κ1) is 17.7. The third-order valence-corrected chi connectivity index (χ3v) is 4.86. The number of hydrogen-bond acceptors (Lipinski definition) is 6. The average molecular weight is 399 g/mol. The molecule has 0 saturated heterocycles. The molecule has 0 atom stereocenters. The number of halogens is 2. The summed E-state index contributed by atoms with van der Waals surface area (Å²) in [6.07, 6.45) is 2.58. The Balaban J connectivity index is 1.83. The minimum absolute atomic E-state index is 0.0498. The van der Waals surface area contributed by atoms with E-state index in [1.807, 2.05) is 11.5 Å². The maximum absolute atomic E-state index is 10.7. The van der Waals surface area contributed by atoms with Crippen LogP contribution >= 0.6 is 35.0 Å². The van der Waals surface area contributed by atoms with Crippen LogP contribution in [0, 0.1) is 10.1 Å². The molecular weight excluding hydrogens is 387 g/mol. The first-order chi connectivity index (χ1) is 12.0. The van der Waals surface area contributed by atoms with Gasteiger partial charge in [0.1, 0.15) is 12.4 Å². The van der Waals surface area contributed by atoms with E-state index >= 15 is 0 Å². The minimum atomic E-state index is -0.483. The van der Waals surface area contributed by atoms with E-state index in [4.69, 9.17) is 23.2 Å². The average Bonchev–Trinajstić information content (AvgIpc) is 3.19. The number of thioether (sulfide) groups is 1. The minimum Gasteiger partial charge on any atom is -0.302 e. The molecule has 1 aromatic carbocycles. The van der Waals surface area contributed by atoms with Gasteiger partial charge in [-0.3, -0.25) is 14.8 Å². The summed E-state index contributed by atoms with van der Waals surface area (Å²) in [4.78, 5) is 10.2. The number of aromatic nitrogens is 5. The molecular formula is C14H12Cl2N6O2S. The fourth-order valence-corrected chi connectivity index (χ4v) is 3.54. The molecule has 0 aliphatic rings. The maximum atomic E-state index is 10.7. The number of rotatable bonds is 6. The molecule has 0 bridgehead atoms. The largest absolute Gasteiger partial charge is 0.307 e. The summed E-state index contributed by atoms with van der Waals surface area (Å²) in [5.74, 6) is 1.01. The van der Waals surface area contributed by atoms with Crippen molar-refractivity contribution in [3.05, 3.63) is 50.8 Å². The van der Waals surface area contributed by atoms with Gasteiger partial charge in [0.25, 0.3) is 0 Å². The number of nitrogens with zero attached hydrogens (tertiary/aromatic N) is 6. The Morgan fingerprint density at radius 2 is 2.12 bits per heavy atom. The topological polar surface area (TPSA) is 91.7 Å². The quantitative estimate of drug-likeness (QED) is 0.352. The summed E-state index contributed by atoms with van der Waals surface area (Å²) in [7, 11) is 0. The molecule has 3 aromatic rings. The molecule has 3 rings (SSSR count). The van der Waals surface area contributed by atoms with E-state index in [0.717, 1.165) is 5.56 Å². The van der Waals surface area contributed by atoms with Gasteiger partial charge in [-0.15, -0.1) is 10.2 Å². The van der Waals surface area contributed by atoms with Crippen LogP contribution in [0.2, 0.25) is 10.0 Å². The van der Waals surface area contributed by atoms with Crippen molar-refractivity contribution in [3.63, 3.8) is 0 Å². The van der Waals surface area contributed by atoms with Crippen molar-refractivity contribution in [2.45, 2.75) is 24.5 Å². The normalized spacial score (nSPS) is 11.0. The number of hydrogen-bond donors (Lipinski definition) is 0. The first-order valence-corrected chi connectivity index (χ1v) is 8.92. The summed E-state index contributed by atoms with van der Waals surface area (Å²) in [6, 6.07) is 5.20. The van der Waals surface area contributed by atoms with Crippen molar-refractivity contribution in [1.82, 2.24) is 24.5 Å². The second kappa shape index (κ2) is 7.42. The lowest BCUT2D eigenvalue weighted by Crippen LogP contribution is -2.02. The van der Waals surface area contributed by atoms with Crippen molar-refractivity contribution in [2.75, 3.05) is 0 Å². The van der Waals surface area contributed by atoms with Crippen LogP contribution in [0.1, 0.15) is 6.92 Å². The Bertz CT molecular complexity index is 926. The molecule has 0 unspecified atom stereocenters. The molecule has 8 nitrogen and oxygen atoms in total. The smallest absolute Gasteiger partial charge is 0.302 e. The van der Waals surface area contributed by atoms with Gasteiger partial charge in [0.2, 0.25) is 0 Å². The highest BCUT2D eigenvalue weighted by atomic mass is 35.5. The molecule has 0 amide bonds. The zero-order valence-corrected chi connectivity index (χ0v) is 15.3. The summed E-state index contributed by atoms with van der Waals surface area (Å²) in [5, 5.41) is 24.8. The van der Waals surface area contributed by atoms with Gasteiger partial charge in [-0.2, -0.15) is 5.10 Å². The molecule has 0 spiro atoms. The second-order valence-electron chi connectivity index (χ2n) is 4.94. The van der Waals surface area contributed by atoms with E-state index in [9.17, 15) is 10.1 Å². The van der Waals surface area contributed by atoms with Gasteiger partial charge >= 0.3 is 5.69 Å². The number of nitro groups is 1. The molecule has 2 heterocycles. The Hall–Kier alpha value is -2.10. The Morgan fingerprint density at radius 3 is 2.76 bits per heavy atom. The fourth-order valence-electron chi connectivity index (χ4n) is 2.19. The lowest BCUT2D eigenvalue weighted by molar-refractivity contribution is -0.385. The van der Waals surface area contributed by atoms with E-state index < -0.39 is 4.92 Å². The van der Waals surface area contributed by atoms with Crippen molar-refractivity contribution in [3.8, 4) is 11.4 Å². The molecule has 0 radical (unpaired) electrons. The highest BCUT2D eigenvalue weighted by Gasteiger charge is 2.16. The van der Waals surface area contributed by atoms with E-state index in [0.29, 0.717) is 33.4 Å². The molecule has 0 fully saturated rings. The van der Waals surface area contributed by atoms with Gasteiger partial charge in [-0.1, -0.05) is 35.0 Å². The molecule has 0 aliphatic carbocycles. The number of benzene rings is 1. The van der Waals surface area contributed by atoms with Gasteiger partial charge in [0.15, 0.2) is 11.0 Å². The van der Waals surface area contributed by atoms with E-state index in [1.165, 1.54) is 28.8 Å². The lowest BCUT2D eigenvalue weighted by Gasteiger charge is -2.08. The Kier molecular flexibility index (Phi) is 5.26. The summed E-state index contributed by atoms with van der Waals surface area (Å²) < 4.78 is 3.39. The highest BCUT2D eigenvalue weighted by Crippen LogP contribution is 2.31. The van der Waals surface area contributed by atoms with Crippen LogP contribution in [-0.4, -0.2) is 29.5 Å². The molecule has 2 aromatic heterocycles. The molecule has 0 N–H and O–H groups in total. The van der Waals surface area contributed by atoms with Crippen LogP contribution in [0.25, 0.3) is 11.4 Å². The van der Waals surface area contributed by atoms with Crippen LogP contribution in [0.4, 0.5) is 5.69 Å². The van der Waals surface area contributed by atoms with E-state index in [2.05, 4.69) is 15.3 Å².